The first kappa shape index (κ1) is 13.2. The molecule has 0 aromatic rings. The molecule has 0 aliphatic carbocycles. The Morgan fingerprint density at radius 1 is 1.55 bits per heavy atom. The van der Waals surface area contributed by atoms with Gasteiger partial charge in [0.15, 0.2) is 0 Å². The standard InChI is InChI=1S/C3H7NO2.H3O4P/c4-2-1-3(5)6;1-5(2,3)4/h1-2,4H2,(H,5,6);(H3,1,2,3,4). The maximum absolute atomic E-state index is 9.56. The molecule has 0 aromatic heterocycles. The van der Waals surface area contributed by atoms with E-state index >= 15 is 0 Å². The van der Waals surface area contributed by atoms with Crippen LogP contribution >= 0.6 is 7.82 Å². The normalized spacial score (nSPS) is 9.82. The fraction of sp³-hybridized carbons (Fsp3) is 0.667. The summed E-state index contributed by atoms with van der Waals surface area (Å²) in [6.07, 6.45) is 0.181. The minimum atomic E-state index is -4.89. The fourth-order valence-electron chi connectivity index (χ4n) is 0.151. The van der Waals surface area contributed by atoms with Crippen LogP contribution < -0.4 is 10.6 Å². The van der Waals surface area contributed by atoms with Gasteiger partial charge in [-0.25, -0.2) is 0 Å². The number of carbonyl (C=O) groups is 1. The molecule has 6 N–H and O–H groups in total. The van der Waals surface area contributed by atoms with E-state index in [1.54, 1.807) is 0 Å². The van der Waals surface area contributed by atoms with Gasteiger partial charge in [-0.2, -0.15) is 0 Å². The van der Waals surface area contributed by atoms with E-state index in [1.807, 2.05) is 0 Å². The molecule has 0 bridgehead atoms. The fourth-order valence-corrected chi connectivity index (χ4v) is 0.151. The van der Waals surface area contributed by atoms with Crippen LogP contribution in [0.15, 0.2) is 0 Å². The largest absolute Gasteiger partial charge is 0.756 e. The van der Waals surface area contributed by atoms with Crippen molar-refractivity contribution in [2.24, 2.45) is 0 Å². The lowest BCUT2D eigenvalue weighted by molar-refractivity contribution is -0.366. The highest BCUT2D eigenvalue weighted by atomic mass is 31.2. The summed E-state index contributed by atoms with van der Waals surface area (Å²) in [4.78, 5) is 32.5. The molecule has 8 heteroatoms. The van der Waals surface area contributed by atoms with Gasteiger partial charge in [0.05, 0.1) is 13.0 Å². The summed E-state index contributed by atoms with van der Waals surface area (Å²) in [5, 5.41) is 7.87. The monoisotopic (exact) mass is 187 g/mol. The van der Waals surface area contributed by atoms with Gasteiger partial charge in [-0.3, -0.25) is 9.36 Å². The van der Waals surface area contributed by atoms with Crippen molar-refractivity contribution in [3.63, 3.8) is 0 Å². The molecule has 0 rings (SSSR count). The van der Waals surface area contributed by atoms with Crippen molar-refractivity contribution in [1.82, 2.24) is 0 Å². The molecule has 0 saturated carbocycles. The Kier molecular flexibility index (Phi) is 7.49. The Bertz CT molecular complexity index is 144. The lowest BCUT2D eigenvalue weighted by atomic mass is 10.5. The minimum absolute atomic E-state index is 0.181. The van der Waals surface area contributed by atoms with E-state index in [2.05, 4.69) is 5.73 Å². The van der Waals surface area contributed by atoms with Crippen LogP contribution in [0, 0.1) is 0 Å². The van der Waals surface area contributed by atoms with Crippen LogP contribution in [0.25, 0.3) is 0 Å². The van der Waals surface area contributed by atoms with Crippen molar-refractivity contribution >= 4 is 13.8 Å². The summed E-state index contributed by atoms with van der Waals surface area (Å²) in [5.41, 5.74) is 3.34. The van der Waals surface area contributed by atoms with Crippen LogP contribution in [0.1, 0.15) is 6.42 Å². The van der Waals surface area contributed by atoms with Gasteiger partial charge in [-0.15, -0.1) is 0 Å². The average molecular weight is 187 g/mol. The third-order valence-electron chi connectivity index (χ3n) is 0.391. The van der Waals surface area contributed by atoms with E-state index in [-0.39, 0.29) is 6.42 Å². The lowest BCUT2D eigenvalue weighted by Crippen LogP contribution is -2.50. The molecular formula is C3H10NO6P. The van der Waals surface area contributed by atoms with Crippen molar-refractivity contribution in [3.8, 4) is 0 Å². The highest BCUT2D eigenvalue weighted by Gasteiger charge is 1.90. The highest BCUT2D eigenvalue weighted by Crippen LogP contribution is 2.18. The van der Waals surface area contributed by atoms with Crippen LogP contribution in [-0.4, -0.2) is 27.4 Å². The van der Waals surface area contributed by atoms with Gasteiger partial charge in [-0.1, -0.05) is 0 Å². The average Bonchev–Trinajstić information content (AvgIpc) is 1.58. The first-order valence-corrected chi connectivity index (χ1v) is 4.08. The van der Waals surface area contributed by atoms with Gasteiger partial charge >= 0.3 is 5.97 Å². The summed E-state index contributed by atoms with van der Waals surface area (Å²) >= 11 is 0. The molecule has 0 amide bonds. The Balaban J connectivity index is 0. The Morgan fingerprint density at radius 2 is 1.82 bits per heavy atom. The van der Waals surface area contributed by atoms with Gasteiger partial charge < -0.3 is 25.5 Å². The van der Waals surface area contributed by atoms with E-state index in [0.717, 1.165) is 0 Å². The predicted molar refractivity (Wildman–Crippen MR) is 32.1 cm³/mol. The molecule has 11 heavy (non-hydrogen) atoms. The first-order chi connectivity index (χ1) is 4.77. The van der Waals surface area contributed by atoms with E-state index in [0.29, 0.717) is 6.54 Å². The summed E-state index contributed by atoms with van der Waals surface area (Å²) in [7, 11) is -4.89. The molecule has 0 aromatic carbocycles. The second-order valence-corrected chi connectivity index (χ2v) is 2.47. The number of rotatable bonds is 2. The number of carboxylic acid groups (broad SMARTS) is 1. The number of phosphoric acid groups is 1. The van der Waals surface area contributed by atoms with E-state index in [4.69, 9.17) is 24.4 Å². The molecule has 68 valence electrons. The summed E-state index contributed by atoms with van der Waals surface area (Å²) in [5.74, 6) is -0.773. The molecule has 0 heterocycles. The number of hydrogen-bond acceptors (Lipinski definition) is 3. The number of hydrogen-bond donors (Lipinski definition) is 4. The molecule has 0 fully saturated rings. The van der Waals surface area contributed by atoms with Crippen LogP contribution in [0.5, 0.6) is 0 Å². The summed E-state index contributed by atoms with van der Waals surface area (Å²) < 4.78 is 8.77. The zero-order valence-electron chi connectivity index (χ0n) is 5.63. The van der Waals surface area contributed by atoms with Crippen molar-refractivity contribution in [1.29, 1.82) is 0 Å². The van der Waals surface area contributed by atoms with E-state index < -0.39 is 13.8 Å². The van der Waals surface area contributed by atoms with Crippen molar-refractivity contribution in [2.75, 3.05) is 6.54 Å². The number of carboxylic acids is 1. The van der Waals surface area contributed by atoms with Gasteiger partial charge in [0, 0.05) is 0 Å². The maximum atomic E-state index is 9.56. The van der Waals surface area contributed by atoms with E-state index in [1.165, 1.54) is 0 Å². The molecule has 7 nitrogen and oxygen atoms in total. The van der Waals surface area contributed by atoms with E-state index in [9.17, 15) is 4.79 Å². The smallest absolute Gasteiger partial charge is 0.309 e. The Hall–Kier alpha value is -0.460. The molecule has 0 unspecified atom stereocenters. The van der Waals surface area contributed by atoms with Gasteiger partial charge in [0.1, 0.15) is 0 Å². The Labute approximate surface area is 62.7 Å². The third-order valence-corrected chi connectivity index (χ3v) is 0.391. The zero-order chi connectivity index (χ0) is 9.49. The molecular weight excluding hydrogens is 177 g/mol. The zero-order valence-corrected chi connectivity index (χ0v) is 6.53. The summed E-state index contributed by atoms with van der Waals surface area (Å²) in [6, 6.07) is 0. The molecule has 0 aliphatic rings. The summed E-state index contributed by atoms with van der Waals surface area (Å²) in [6.45, 7) is 0.481. The topological polar surface area (TPSA) is 146 Å². The third kappa shape index (κ3) is 84.1. The van der Waals surface area contributed by atoms with Gasteiger partial charge in [0.2, 0.25) is 0 Å². The van der Waals surface area contributed by atoms with Crippen molar-refractivity contribution < 1.29 is 34.9 Å². The van der Waals surface area contributed by atoms with Crippen molar-refractivity contribution in [2.45, 2.75) is 6.42 Å². The second-order valence-electron chi connectivity index (χ2n) is 1.49. The molecule has 0 saturated heterocycles. The van der Waals surface area contributed by atoms with Crippen LogP contribution in [0.4, 0.5) is 0 Å². The number of aliphatic carboxylic acids is 1. The molecule has 0 aliphatic heterocycles. The minimum Gasteiger partial charge on any atom is -0.756 e. The molecule has 0 radical (unpaired) electrons. The molecule has 0 spiro atoms. The second kappa shape index (κ2) is 6.26. The first-order valence-electron chi connectivity index (χ1n) is 2.55. The van der Waals surface area contributed by atoms with Crippen molar-refractivity contribution in [3.05, 3.63) is 0 Å². The van der Waals surface area contributed by atoms with Crippen LogP contribution in [-0.2, 0) is 9.36 Å². The van der Waals surface area contributed by atoms with Crippen LogP contribution in [0.3, 0.4) is 0 Å². The van der Waals surface area contributed by atoms with Crippen LogP contribution in [0.2, 0.25) is 0 Å². The SMILES string of the molecule is O=P([O-])(O)O.[NH3+]CCC(=O)O. The number of quaternary nitrogens is 1. The Morgan fingerprint density at radius 3 is 1.82 bits per heavy atom. The molecule has 0 atom stereocenters. The van der Waals surface area contributed by atoms with Gasteiger partial charge in [0.25, 0.3) is 7.82 Å². The quantitative estimate of drug-likeness (QED) is 0.342. The maximum Gasteiger partial charge on any atom is 0.309 e. The lowest BCUT2D eigenvalue weighted by Gasteiger charge is -2.01. The van der Waals surface area contributed by atoms with Gasteiger partial charge in [-0.05, 0) is 0 Å². The predicted octanol–water partition coefficient (Wildman–Crippen LogP) is -2.86. The highest BCUT2D eigenvalue weighted by molar-refractivity contribution is 7.43.